The summed E-state index contributed by atoms with van der Waals surface area (Å²) < 4.78 is 6.17. The molecule has 1 aliphatic rings. The van der Waals surface area contributed by atoms with Crippen molar-refractivity contribution in [2.24, 2.45) is 5.16 Å². The molecule has 0 radical (unpaired) electrons. The zero-order valence-electron chi connectivity index (χ0n) is 8.29. The number of ether oxygens (including phenoxy) is 1. The van der Waals surface area contributed by atoms with E-state index in [4.69, 9.17) is 15.3 Å². The number of nitrogen functional groups attached to an aromatic ring is 1. The lowest BCUT2D eigenvalue weighted by Crippen LogP contribution is -2.06. The van der Waals surface area contributed by atoms with Crippen LogP contribution in [0.5, 0.6) is 5.75 Å². The quantitative estimate of drug-likeness (QED) is 0.838. The zero-order chi connectivity index (χ0) is 10.8. The third-order valence-corrected chi connectivity index (χ3v) is 2.86. The summed E-state index contributed by atoms with van der Waals surface area (Å²) in [6, 6.07) is 3.68. The highest BCUT2D eigenvalue weighted by Crippen LogP contribution is 2.34. The lowest BCUT2D eigenvalue weighted by Gasteiger charge is -2.11. The number of halogens is 1. The van der Waals surface area contributed by atoms with Crippen LogP contribution in [0.4, 0.5) is 5.69 Å². The van der Waals surface area contributed by atoms with Crippen LogP contribution in [-0.2, 0) is 4.84 Å². The van der Waals surface area contributed by atoms with Crippen molar-refractivity contribution in [3.05, 3.63) is 22.2 Å². The molecule has 1 aliphatic heterocycles. The van der Waals surface area contributed by atoms with Gasteiger partial charge in [0.25, 0.3) is 0 Å². The predicted molar refractivity (Wildman–Crippen MR) is 62.2 cm³/mol. The molecule has 5 heteroatoms. The third kappa shape index (κ3) is 1.79. The Labute approximate surface area is 96.2 Å². The summed E-state index contributed by atoms with van der Waals surface area (Å²) in [4.78, 5) is 4.97. The summed E-state index contributed by atoms with van der Waals surface area (Å²) in [5, 5.41) is 3.95. The standard InChI is InChI=1S/C10H11BrN2O2/c1-14-10-6(11)2-3-7(12)9(10)8-4-5-15-13-8/h2-3H,4-5,12H2,1H3. The number of rotatable bonds is 2. The number of methoxy groups -OCH3 is 1. The molecule has 0 spiro atoms. The van der Waals surface area contributed by atoms with E-state index in [1.807, 2.05) is 12.1 Å². The molecule has 2 N–H and O–H groups in total. The fourth-order valence-electron chi connectivity index (χ4n) is 1.55. The Morgan fingerprint density at radius 2 is 2.33 bits per heavy atom. The van der Waals surface area contributed by atoms with Crippen LogP contribution < -0.4 is 10.5 Å². The molecule has 4 nitrogen and oxygen atoms in total. The summed E-state index contributed by atoms with van der Waals surface area (Å²) >= 11 is 3.41. The first-order chi connectivity index (χ1) is 7.24. The molecule has 0 amide bonds. The molecule has 0 atom stereocenters. The molecule has 0 fully saturated rings. The maximum atomic E-state index is 5.91. The van der Waals surface area contributed by atoms with Crippen molar-refractivity contribution in [1.29, 1.82) is 0 Å². The monoisotopic (exact) mass is 270 g/mol. The molecule has 1 heterocycles. The molecule has 1 aromatic rings. The van der Waals surface area contributed by atoms with E-state index in [1.54, 1.807) is 7.11 Å². The highest BCUT2D eigenvalue weighted by atomic mass is 79.9. The van der Waals surface area contributed by atoms with Gasteiger partial charge in [-0.3, -0.25) is 0 Å². The van der Waals surface area contributed by atoms with Crippen LogP contribution >= 0.6 is 15.9 Å². The fraction of sp³-hybridized carbons (Fsp3) is 0.300. The van der Waals surface area contributed by atoms with Gasteiger partial charge in [-0.15, -0.1) is 0 Å². The Bertz CT molecular complexity index is 418. The van der Waals surface area contributed by atoms with Crippen LogP contribution in [0.2, 0.25) is 0 Å². The summed E-state index contributed by atoms with van der Waals surface area (Å²) in [6.45, 7) is 0.602. The van der Waals surface area contributed by atoms with E-state index >= 15 is 0 Å². The number of nitrogens with two attached hydrogens (primary N) is 1. The molecule has 80 valence electrons. The molecule has 0 aliphatic carbocycles. The van der Waals surface area contributed by atoms with Crippen molar-refractivity contribution in [2.75, 3.05) is 19.5 Å². The van der Waals surface area contributed by atoms with Crippen LogP contribution in [0.15, 0.2) is 21.8 Å². The molecule has 0 saturated heterocycles. The van der Waals surface area contributed by atoms with Crippen LogP contribution in [0, 0.1) is 0 Å². The molecule has 0 unspecified atom stereocenters. The number of oxime groups is 1. The van der Waals surface area contributed by atoms with E-state index in [0.29, 0.717) is 18.0 Å². The lowest BCUT2D eigenvalue weighted by molar-refractivity contribution is 0.174. The Morgan fingerprint density at radius 3 is 2.93 bits per heavy atom. The van der Waals surface area contributed by atoms with Crippen molar-refractivity contribution in [2.45, 2.75) is 6.42 Å². The normalized spacial score (nSPS) is 14.7. The average molecular weight is 271 g/mol. The van der Waals surface area contributed by atoms with Crippen molar-refractivity contribution >= 4 is 27.3 Å². The lowest BCUT2D eigenvalue weighted by atomic mass is 10.0. The molecular formula is C10H11BrN2O2. The fourth-order valence-corrected chi connectivity index (χ4v) is 2.04. The first-order valence-electron chi connectivity index (χ1n) is 4.55. The minimum Gasteiger partial charge on any atom is -0.495 e. The first kappa shape index (κ1) is 10.3. The van der Waals surface area contributed by atoms with Gasteiger partial charge in [0.2, 0.25) is 0 Å². The molecule has 0 bridgehead atoms. The largest absolute Gasteiger partial charge is 0.495 e. The summed E-state index contributed by atoms with van der Waals surface area (Å²) in [7, 11) is 1.61. The van der Waals surface area contributed by atoms with Crippen molar-refractivity contribution in [3.8, 4) is 5.75 Å². The van der Waals surface area contributed by atoms with Crippen molar-refractivity contribution in [3.63, 3.8) is 0 Å². The number of nitrogens with zero attached hydrogens (tertiary/aromatic N) is 1. The van der Waals surface area contributed by atoms with Crippen molar-refractivity contribution < 1.29 is 9.57 Å². The summed E-state index contributed by atoms with van der Waals surface area (Å²) in [5.41, 5.74) is 8.22. The second-order valence-corrected chi connectivity index (χ2v) is 4.02. The van der Waals surface area contributed by atoms with Gasteiger partial charge in [0, 0.05) is 12.1 Å². The number of benzene rings is 1. The maximum Gasteiger partial charge on any atom is 0.144 e. The van der Waals surface area contributed by atoms with Gasteiger partial charge in [0.05, 0.1) is 22.9 Å². The summed E-state index contributed by atoms with van der Waals surface area (Å²) in [5.74, 6) is 0.708. The third-order valence-electron chi connectivity index (χ3n) is 2.24. The second kappa shape index (κ2) is 4.10. The van der Waals surface area contributed by atoms with E-state index in [9.17, 15) is 0 Å². The van der Waals surface area contributed by atoms with Crippen LogP contribution in [0.3, 0.4) is 0 Å². The molecule has 0 saturated carbocycles. The van der Waals surface area contributed by atoms with Crippen LogP contribution in [0.1, 0.15) is 12.0 Å². The minimum absolute atomic E-state index is 0.602. The van der Waals surface area contributed by atoms with Crippen molar-refractivity contribution in [1.82, 2.24) is 0 Å². The van der Waals surface area contributed by atoms with Gasteiger partial charge in [-0.25, -0.2) is 0 Å². The topological polar surface area (TPSA) is 56.8 Å². The number of hydrogen-bond donors (Lipinski definition) is 1. The Kier molecular flexibility index (Phi) is 2.81. The van der Waals surface area contributed by atoms with E-state index in [0.717, 1.165) is 22.2 Å². The smallest absolute Gasteiger partial charge is 0.144 e. The van der Waals surface area contributed by atoms with E-state index in [2.05, 4.69) is 21.1 Å². The van der Waals surface area contributed by atoms with Crippen LogP contribution in [0.25, 0.3) is 0 Å². The Hall–Kier alpha value is -1.23. The Balaban J connectivity index is 2.56. The maximum absolute atomic E-state index is 5.91. The SMILES string of the molecule is COc1c(Br)ccc(N)c1C1=NOCC1. The van der Waals surface area contributed by atoms with Gasteiger partial charge in [-0.1, -0.05) is 5.16 Å². The first-order valence-corrected chi connectivity index (χ1v) is 5.34. The molecule has 0 aromatic heterocycles. The number of hydrogen-bond acceptors (Lipinski definition) is 4. The van der Waals surface area contributed by atoms with E-state index in [1.165, 1.54) is 0 Å². The number of anilines is 1. The highest BCUT2D eigenvalue weighted by Gasteiger charge is 2.20. The highest BCUT2D eigenvalue weighted by molar-refractivity contribution is 9.10. The second-order valence-electron chi connectivity index (χ2n) is 3.17. The predicted octanol–water partition coefficient (Wildman–Crippen LogP) is 2.16. The van der Waals surface area contributed by atoms with Gasteiger partial charge in [-0.2, -0.15) is 0 Å². The molecule has 1 aromatic carbocycles. The van der Waals surface area contributed by atoms with Gasteiger partial charge >= 0.3 is 0 Å². The van der Waals surface area contributed by atoms with Gasteiger partial charge in [0.1, 0.15) is 12.4 Å². The Morgan fingerprint density at radius 1 is 1.53 bits per heavy atom. The van der Waals surface area contributed by atoms with Gasteiger partial charge in [0.15, 0.2) is 0 Å². The van der Waals surface area contributed by atoms with E-state index in [-0.39, 0.29) is 0 Å². The van der Waals surface area contributed by atoms with E-state index < -0.39 is 0 Å². The minimum atomic E-state index is 0.602. The molecule has 15 heavy (non-hydrogen) atoms. The van der Waals surface area contributed by atoms with Gasteiger partial charge in [-0.05, 0) is 28.1 Å². The molecular weight excluding hydrogens is 260 g/mol. The zero-order valence-corrected chi connectivity index (χ0v) is 9.87. The van der Waals surface area contributed by atoms with Gasteiger partial charge < -0.3 is 15.3 Å². The molecule has 2 rings (SSSR count). The van der Waals surface area contributed by atoms with Crippen LogP contribution in [-0.4, -0.2) is 19.4 Å². The summed E-state index contributed by atoms with van der Waals surface area (Å²) in [6.07, 6.45) is 0.761. The average Bonchev–Trinajstić information content (AvgIpc) is 2.74.